The smallest absolute Gasteiger partial charge is 0.233 e. The number of rotatable bonds is 1. The summed E-state index contributed by atoms with van der Waals surface area (Å²) in [6, 6.07) is 1.91. The van der Waals surface area contributed by atoms with Crippen LogP contribution in [0, 0.1) is 23.2 Å². The Kier molecular flexibility index (Phi) is 3.72. The minimum atomic E-state index is 0.104. The maximum absolute atomic E-state index is 8.28. The molecular formula is C9H6ClN3O. The normalized spacial score (nSPS) is 8.36. The Morgan fingerprint density at radius 2 is 2.43 bits per heavy atom. The molecule has 0 radical (unpaired) electrons. The Labute approximate surface area is 86.5 Å². The number of ether oxygens (including phenoxy) is 1. The second-order valence-electron chi connectivity index (χ2n) is 2.20. The number of hydrogen-bond acceptors (Lipinski definition) is 4. The van der Waals surface area contributed by atoms with E-state index in [0.29, 0.717) is 11.4 Å². The molecule has 14 heavy (non-hydrogen) atoms. The highest BCUT2D eigenvalue weighted by Crippen LogP contribution is 2.14. The molecule has 0 fully saturated rings. The molecule has 0 saturated carbocycles. The maximum atomic E-state index is 8.28. The molecule has 1 aromatic rings. The van der Waals surface area contributed by atoms with Crippen molar-refractivity contribution in [1.82, 2.24) is 9.97 Å². The van der Waals surface area contributed by atoms with Crippen LogP contribution in [0.3, 0.4) is 0 Å². The predicted molar refractivity (Wildman–Crippen MR) is 50.7 cm³/mol. The Morgan fingerprint density at radius 3 is 3.07 bits per heavy atom. The average Bonchev–Trinajstić information content (AvgIpc) is 2.20. The van der Waals surface area contributed by atoms with Crippen molar-refractivity contribution in [3.8, 4) is 23.8 Å². The van der Waals surface area contributed by atoms with Crippen molar-refractivity contribution < 1.29 is 4.74 Å². The molecule has 0 bridgehead atoms. The highest BCUT2D eigenvalue weighted by molar-refractivity contribution is 6.28. The Bertz CT molecular complexity index is 428. The van der Waals surface area contributed by atoms with Crippen LogP contribution in [0.15, 0.2) is 6.20 Å². The quantitative estimate of drug-likeness (QED) is 0.516. The van der Waals surface area contributed by atoms with Gasteiger partial charge in [-0.15, -0.1) is 0 Å². The lowest BCUT2D eigenvalue weighted by molar-refractivity contribution is 0.395. The fraction of sp³-hybridized carbons (Fsp3) is 0.222. The van der Waals surface area contributed by atoms with Gasteiger partial charge in [-0.25, -0.2) is 4.98 Å². The molecule has 0 amide bonds. The number of nitriles is 1. The van der Waals surface area contributed by atoms with Crippen LogP contribution < -0.4 is 4.74 Å². The van der Waals surface area contributed by atoms with Crippen LogP contribution in [-0.4, -0.2) is 17.1 Å². The van der Waals surface area contributed by atoms with Crippen molar-refractivity contribution >= 4 is 11.6 Å². The standard InChI is InChI=1S/C9H6ClN3O/c1-14-8-7(4-2-3-5-11)6-12-9(10)13-8/h6H,3H2,1H3. The molecule has 4 nitrogen and oxygen atoms in total. The molecule has 0 aliphatic heterocycles. The van der Waals surface area contributed by atoms with Crippen LogP contribution in [-0.2, 0) is 0 Å². The molecule has 1 rings (SSSR count). The summed E-state index contributed by atoms with van der Waals surface area (Å²) in [5, 5.41) is 8.38. The molecule has 0 aromatic carbocycles. The van der Waals surface area contributed by atoms with Crippen LogP contribution in [0.25, 0.3) is 0 Å². The predicted octanol–water partition coefficient (Wildman–Crippen LogP) is 1.40. The van der Waals surface area contributed by atoms with Crippen LogP contribution in [0.5, 0.6) is 5.88 Å². The van der Waals surface area contributed by atoms with E-state index in [1.807, 2.05) is 6.07 Å². The molecule has 1 heterocycles. The van der Waals surface area contributed by atoms with Crippen molar-refractivity contribution in [2.75, 3.05) is 7.11 Å². The summed E-state index contributed by atoms with van der Waals surface area (Å²) >= 11 is 5.55. The van der Waals surface area contributed by atoms with E-state index in [0.717, 1.165) is 0 Å². The van der Waals surface area contributed by atoms with Gasteiger partial charge in [-0.2, -0.15) is 10.2 Å². The summed E-state index contributed by atoms with van der Waals surface area (Å²) in [6.45, 7) is 0. The summed E-state index contributed by atoms with van der Waals surface area (Å²) in [6.07, 6.45) is 1.62. The van der Waals surface area contributed by atoms with Crippen molar-refractivity contribution in [2.45, 2.75) is 6.42 Å². The summed E-state index contributed by atoms with van der Waals surface area (Å²) in [5.41, 5.74) is 0.521. The van der Waals surface area contributed by atoms with E-state index in [4.69, 9.17) is 21.6 Å². The van der Waals surface area contributed by atoms with Crippen molar-refractivity contribution in [3.63, 3.8) is 0 Å². The van der Waals surface area contributed by atoms with Gasteiger partial charge in [0.15, 0.2) is 0 Å². The van der Waals surface area contributed by atoms with Crippen molar-refractivity contribution in [3.05, 3.63) is 17.0 Å². The zero-order chi connectivity index (χ0) is 10.4. The first kappa shape index (κ1) is 10.3. The maximum Gasteiger partial charge on any atom is 0.233 e. The van der Waals surface area contributed by atoms with Gasteiger partial charge in [-0.3, -0.25) is 0 Å². The van der Waals surface area contributed by atoms with E-state index in [1.54, 1.807) is 0 Å². The molecule has 0 aliphatic rings. The first-order valence-electron chi connectivity index (χ1n) is 3.70. The van der Waals surface area contributed by atoms with E-state index < -0.39 is 0 Å². The zero-order valence-corrected chi connectivity index (χ0v) is 8.17. The lowest BCUT2D eigenvalue weighted by Crippen LogP contribution is -1.93. The van der Waals surface area contributed by atoms with Gasteiger partial charge in [-0.1, -0.05) is 11.8 Å². The van der Waals surface area contributed by atoms with Crippen LogP contribution in [0.4, 0.5) is 0 Å². The van der Waals surface area contributed by atoms with Crippen LogP contribution in [0.1, 0.15) is 12.0 Å². The summed E-state index contributed by atoms with van der Waals surface area (Å²) in [7, 11) is 1.47. The summed E-state index contributed by atoms with van der Waals surface area (Å²) in [4.78, 5) is 7.57. The molecule has 70 valence electrons. The van der Waals surface area contributed by atoms with Crippen molar-refractivity contribution in [2.24, 2.45) is 0 Å². The molecule has 0 aliphatic carbocycles. The minimum absolute atomic E-state index is 0.104. The molecule has 0 spiro atoms. The third kappa shape index (κ3) is 2.62. The highest BCUT2D eigenvalue weighted by atomic mass is 35.5. The minimum Gasteiger partial charge on any atom is -0.480 e. The molecule has 0 atom stereocenters. The van der Waals surface area contributed by atoms with Gasteiger partial charge in [0.1, 0.15) is 5.56 Å². The van der Waals surface area contributed by atoms with Gasteiger partial charge < -0.3 is 4.74 Å². The van der Waals surface area contributed by atoms with Gasteiger partial charge in [0.2, 0.25) is 11.2 Å². The first-order chi connectivity index (χ1) is 6.77. The average molecular weight is 208 g/mol. The number of halogens is 1. The van der Waals surface area contributed by atoms with Gasteiger partial charge in [0.25, 0.3) is 0 Å². The fourth-order valence-electron chi connectivity index (χ4n) is 0.766. The third-order valence-corrected chi connectivity index (χ3v) is 1.49. The number of hydrogen-bond donors (Lipinski definition) is 0. The lowest BCUT2D eigenvalue weighted by atomic mass is 10.3. The number of methoxy groups -OCH3 is 1. The van der Waals surface area contributed by atoms with E-state index in [2.05, 4.69) is 21.8 Å². The molecule has 0 saturated heterocycles. The Hall–Kier alpha value is -1.78. The second kappa shape index (κ2) is 5.06. The molecule has 0 N–H and O–H groups in total. The molecule has 1 aromatic heterocycles. The van der Waals surface area contributed by atoms with E-state index in [1.165, 1.54) is 13.3 Å². The molecule has 0 unspecified atom stereocenters. The van der Waals surface area contributed by atoms with Gasteiger partial charge >= 0.3 is 0 Å². The second-order valence-corrected chi connectivity index (χ2v) is 2.54. The molecular weight excluding hydrogens is 202 g/mol. The Morgan fingerprint density at radius 1 is 1.64 bits per heavy atom. The van der Waals surface area contributed by atoms with E-state index in [-0.39, 0.29) is 11.7 Å². The first-order valence-corrected chi connectivity index (χ1v) is 4.08. The fourth-order valence-corrected chi connectivity index (χ4v) is 0.892. The molecule has 5 heteroatoms. The van der Waals surface area contributed by atoms with Crippen LogP contribution >= 0.6 is 11.6 Å². The highest BCUT2D eigenvalue weighted by Gasteiger charge is 2.02. The van der Waals surface area contributed by atoms with Crippen LogP contribution in [0.2, 0.25) is 5.28 Å². The summed E-state index contributed by atoms with van der Waals surface area (Å²) in [5.74, 6) is 5.66. The van der Waals surface area contributed by atoms with E-state index in [9.17, 15) is 0 Å². The SMILES string of the molecule is COc1nc(Cl)ncc1C#CCC#N. The third-order valence-electron chi connectivity index (χ3n) is 1.31. The topological polar surface area (TPSA) is 58.8 Å². The summed E-state index contributed by atoms with van der Waals surface area (Å²) < 4.78 is 4.94. The van der Waals surface area contributed by atoms with E-state index >= 15 is 0 Å². The lowest BCUT2D eigenvalue weighted by Gasteiger charge is -2.00. The zero-order valence-electron chi connectivity index (χ0n) is 7.41. The monoisotopic (exact) mass is 207 g/mol. The number of nitrogens with zero attached hydrogens (tertiary/aromatic N) is 3. The van der Waals surface area contributed by atoms with Gasteiger partial charge in [0, 0.05) is 0 Å². The van der Waals surface area contributed by atoms with Gasteiger partial charge in [0.05, 0.1) is 25.8 Å². The van der Waals surface area contributed by atoms with Crippen molar-refractivity contribution in [1.29, 1.82) is 5.26 Å². The van der Waals surface area contributed by atoms with Gasteiger partial charge in [-0.05, 0) is 11.6 Å². The largest absolute Gasteiger partial charge is 0.480 e. The number of aromatic nitrogens is 2. The Balaban J connectivity index is 2.99.